The molecule has 0 bridgehead atoms. The summed E-state index contributed by atoms with van der Waals surface area (Å²) in [4.78, 5) is 2.14. The van der Waals surface area contributed by atoms with Gasteiger partial charge in [0.05, 0.1) is 0 Å². The molecular formula is C5H10BrN3. The van der Waals surface area contributed by atoms with E-state index < -0.39 is 0 Å². The van der Waals surface area contributed by atoms with Gasteiger partial charge in [-0.2, -0.15) is 5.10 Å². The molecule has 52 valence electrons. The van der Waals surface area contributed by atoms with E-state index in [1.807, 2.05) is 0 Å². The third-order valence-corrected chi connectivity index (χ3v) is 1.87. The molecule has 0 aliphatic carbocycles. The molecule has 0 aromatic rings. The highest BCUT2D eigenvalue weighted by atomic mass is 79.9. The minimum absolute atomic E-state index is 0.842. The summed E-state index contributed by atoms with van der Waals surface area (Å²) in [5, 5.41) is 3.95. The Labute approximate surface area is 63.2 Å². The van der Waals surface area contributed by atoms with Crippen LogP contribution in [0.15, 0.2) is 5.10 Å². The molecule has 0 aromatic carbocycles. The van der Waals surface area contributed by atoms with Crippen LogP contribution < -0.4 is 5.43 Å². The van der Waals surface area contributed by atoms with Crippen LogP contribution in [0.2, 0.25) is 0 Å². The van der Waals surface area contributed by atoms with Crippen LogP contribution in [-0.2, 0) is 0 Å². The maximum absolute atomic E-state index is 3.95. The summed E-state index contributed by atoms with van der Waals surface area (Å²) < 4.78 is 0.921. The van der Waals surface area contributed by atoms with Gasteiger partial charge < -0.3 is 4.90 Å². The SMILES string of the molecule is CCCN1CNN=C1Br. The summed E-state index contributed by atoms with van der Waals surface area (Å²) >= 11 is 3.32. The number of halogens is 1. The highest BCUT2D eigenvalue weighted by molar-refractivity contribution is 9.18. The lowest BCUT2D eigenvalue weighted by atomic mass is 10.5. The zero-order chi connectivity index (χ0) is 6.69. The van der Waals surface area contributed by atoms with Crippen molar-refractivity contribution in [1.29, 1.82) is 0 Å². The third kappa shape index (κ3) is 1.58. The molecule has 9 heavy (non-hydrogen) atoms. The van der Waals surface area contributed by atoms with Crippen molar-refractivity contribution in [2.24, 2.45) is 5.10 Å². The Morgan fingerprint density at radius 1 is 1.89 bits per heavy atom. The van der Waals surface area contributed by atoms with Gasteiger partial charge in [-0.3, -0.25) is 5.43 Å². The first-order chi connectivity index (χ1) is 4.34. The molecule has 0 saturated carbocycles. The highest BCUT2D eigenvalue weighted by Crippen LogP contribution is 2.03. The van der Waals surface area contributed by atoms with Gasteiger partial charge in [0.25, 0.3) is 0 Å². The van der Waals surface area contributed by atoms with Crippen LogP contribution in [0.5, 0.6) is 0 Å². The van der Waals surface area contributed by atoms with Crippen molar-refractivity contribution in [2.75, 3.05) is 13.2 Å². The van der Waals surface area contributed by atoms with Crippen molar-refractivity contribution in [1.82, 2.24) is 10.3 Å². The average Bonchev–Trinajstić information content (AvgIpc) is 2.18. The first-order valence-electron chi connectivity index (χ1n) is 3.05. The Morgan fingerprint density at radius 2 is 2.67 bits per heavy atom. The Balaban J connectivity index is 2.34. The molecule has 0 radical (unpaired) electrons. The molecule has 0 fully saturated rings. The normalized spacial score (nSPS) is 17.6. The van der Waals surface area contributed by atoms with Gasteiger partial charge in [0.15, 0.2) is 4.74 Å². The Bertz CT molecular complexity index is 123. The number of hydrogen-bond acceptors (Lipinski definition) is 3. The molecule has 4 heteroatoms. The van der Waals surface area contributed by atoms with E-state index in [0.717, 1.165) is 24.4 Å². The van der Waals surface area contributed by atoms with Gasteiger partial charge in [-0.1, -0.05) is 6.92 Å². The van der Waals surface area contributed by atoms with Crippen molar-refractivity contribution in [3.8, 4) is 0 Å². The van der Waals surface area contributed by atoms with E-state index in [4.69, 9.17) is 0 Å². The number of nitrogens with zero attached hydrogens (tertiary/aromatic N) is 2. The van der Waals surface area contributed by atoms with Crippen LogP contribution in [-0.4, -0.2) is 22.9 Å². The first kappa shape index (κ1) is 6.86. The van der Waals surface area contributed by atoms with Crippen LogP contribution in [0.1, 0.15) is 13.3 Å². The van der Waals surface area contributed by atoms with Crippen LogP contribution >= 0.6 is 15.9 Å². The van der Waals surface area contributed by atoms with E-state index in [-0.39, 0.29) is 0 Å². The van der Waals surface area contributed by atoms with Crippen molar-refractivity contribution in [3.63, 3.8) is 0 Å². The highest BCUT2D eigenvalue weighted by Gasteiger charge is 2.10. The number of nitrogens with one attached hydrogen (secondary N) is 1. The minimum atomic E-state index is 0.842. The molecular weight excluding hydrogens is 182 g/mol. The lowest BCUT2D eigenvalue weighted by molar-refractivity contribution is 0.430. The molecule has 0 unspecified atom stereocenters. The van der Waals surface area contributed by atoms with Gasteiger partial charge >= 0.3 is 0 Å². The second kappa shape index (κ2) is 3.06. The number of hydrogen-bond donors (Lipinski definition) is 1. The van der Waals surface area contributed by atoms with Crippen molar-refractivity contribution in [2.45, 2.75) is 13.3 Å². The van der Waals surface area contributed by atoms with Crippen LogP contribution in [0.3, 0.4) is 0 Å². The summed E-state index contributed by atoms with van der Waals surface area (Å²) in [6, 6.07) is 0. The van der Waals surface area contributed by atoms with Crippen LogP contribution in [0.4, 0.5) is 0 Å². The van der Waals surface area contributed by atoms with Gasteiger partial charge in [-0.05, 0) is 22.4 Å². The zero-order valence-electron chi connectivity index (χ0n) is 5.39. The molecule has 1 N–H and O–H groups in total. The number of rotatable bonds is 2. The summed E-state index contributed by atoms with van der Waals surface area (Å²) in [5.41, 5.74) is 2.87. The maximum atomic E-state index is 3.95. The maximum Gasteiger partial charge on any atom is 0.193 e. The van der Waals surface area contributed by atoms with Crippen LogP contribution in [0.25, 0.3) is 0 Å². The Hall–Kier alpha value is -0.250. The monoisotopic (exact) mass is 191 g/mol. The minimum Gasteiger partial charge on any atom is -0.330 e. The van der Waals surface area contributed by atoms with E-state index in [0.29, 0.717) is 0 Å². The Morgan fingerprint density at radius 3 is 3.11 bits per heavy atom. The lowest BCUT2D eigenvalue weighted by Crippen LogP contribution is -2.26. The van der Waals surface area contributed by atoms with Crippen molar-refractivity contribution in [3.05, 3.63) is 0 Å². The van der Waals surface area contributed by atoms with E-state index in [9.17, 15) is 0 Å². The summed E-state index contributed by atoms with van der Waals surface area (Å²) in [7, 11) is 0. The molecule has 0 amide bonds. The quantitative estimate of drug-likeness (QED) is 0.659. The van der Waals surface area contributed by atoms with E-state index in [1.54, 1.807) is 0 Å². The van der Waals surface area contributed by atoms with Gasteiger partial charge in [-0.15, -0.1) is 0 Å². The van der Waals surface area contributed by atoms with Crippen molar-refractivity contribution < 1.29 is 0 Å². The topological polar surface area (TPSA) is 27.6 Å². The van der Waals surface area contributed by atoms with Gasteiger partial charge in [0, 0.05) is 6.54 Å². The van der Waals surface area contributed by atoms with Gasteiger partial charge in [0.2, 0.25) is 0 Å². The van der Waals surface area contributed by atoms with Crippen molar-refractivity contribution >= 4 is 20.7 Å². The molecule has 1 aliphatic rings. The number of amidine groups is 1. The first-order valence-corrected chi connectivity index (χ1v) is 3.85. The zero-order valence-corrected chi connectivity index (χ0v) is 6.98. The lowest BCUT2D eigenvalue weighted by Gasteiger charge is -2.12. The summed E-state index contributed by atoms with van der Waals surface area (Å²) in [5.74, 6) is 0. The second-order valence-electron chi connectivity index (χ2n) is 1.96. The molecule has 3 nitrogen and oxygen atoms in total. The van der Waals surface area contributed by atoms with Crippen LogP contribution in [0, 0.1) is 0 Å². The third-order valence-electron chi connectivity index (χ3n) is 1.19. The second-order valence-corrected chi connectivity index (χ2v) is 2.67. The molecule has 1 rings (SSSR count). The van der Waals surface area contributed by atoms with E-state index in [1.165, 1.54) is 0 Å². The van der Waals surface area contributed by atoms with Gasteiger partial charge in [0.1, 0.15) is 6.67 Å². The average molecular weight is 192 g/mol. The summed E-state index contributed by atoms with van der Waals surface area (Å²) in [6.45, 7) is 4.06. The fraction of sp³-hybridized carbons (Fsp3) is 0.800. The molecule has 0 aromatic heterocycles. The summed E-state index contributed by atoms with van der Waals surface area (Å²) in [6.07, 6.45) is 1.16. The molecule has 1 aliphatic heterocycles. The predicted octanol–water partition coefficient (Wildman–Crippen LogP) is 0.925. The molecule has 0 atom stereocenters. The molecule has 0 saturated heterocycles. The van der Waals surface area contributed by atoms with E-state index in [2.05, 4.69) is 38.3 Å². The standard InChI is InChI=1S/C5H10BrN3/c1-2-3-9-4-7-8-5(9)6/h7H,2-4H2,1H3. The molecule has 1 heterocycles. The largest absolute Gasteiger partial charge is 0.330 e. The predicted molar refractivity (Wildman–Crippen MR) is 41.4 cm³/mol. The molecule has 0 spiro atoms. The number of hydrazone groups is 1. The van der Waals surface area contributed by atoms with Gasteiger partial charge in [-0.25, -0.2) is 0 Å². The fourth-order valence-corrected chi connectivity index (χ4v) is 1.19. The van der Waals surface area contributed by atoms with E-state index >= 15 is 0 Å². The Kier molecular flexibility index (Phi) is 2.33. The fourth-order valence-electron chi connectivity index (χ4n) is 0.763. The smallest absolute Gasteiger partial charge is 0.193 e.